The molecule has 0 radical (unpaired) electrons. The highest BCUT2D eigenvalue weighted by molar-refractivity contribution is 6.52. The highest BCUT2D eigenvalue weighted by Gasteiger charge is 2.49. The number of Topliss-reactive ketones (excluding diaryl/α,β-unsaturated/α-hetero) is 2. The van der Waals surface area contributed by atoms with Crippen LogP contribution >= 0.6 is 0 Å². The summed E-state index contributed by atoms with van der Waals surface area (Å²) in [7, 11) is 0. The minimum atomic E-state index is -0.461. The van der Waals surface area contributed by atoms with E-state index < -0.39 is 5.60 Å². The molecule has 0 saturated carbocycles. The Morgan fingerprint density at radius 1 is 1.08 bits per heavy atom. The van der Waals surface area contributed by atoms with Crippen LogP contribution in [0, 0.1) is 5.92 Å². The number of rotatable bonds is 0. The molecule has 1 aliphatic heterocycles. The van der Waals surface area contributed by atoms with Gasteiger partial charge >= 0.3 is 0 Å². The van der Waals surface area contributed by atoms with Crippen molar-refractivity contribution in [3.05, 3.63) is 40.0 Å². The maximum absolute atomic E-state index is 13.0. The lowest BCUT2D eigenvalue weighted by atomic mass is 9.69. The Bertz CT molecular complexity index is 824. The second-order valence-corrected chi connectivity index (χ2v) is 8.58. The summed E-state index contributed by atoms with van der Waals surface area (Å²) in [6.07, 6.45) is 3.02. The van der Waals surface area contributed by atoms with Crippen LogP contribution in [0.2, 0.25) is 0 Å². The van der Waals surface area contributed by atoms with Crippen LogP contribution in [0.4, 0.5) is 0 Å². The summed E-state index contributed by atoms with van der Waals surface area (Å²) in [4.78, 5) is 25.8. The molecule has 1 aromatic rings. The maximum atomic E-state index is 13.0. The fourth-order valence-electron chi connectivity index (χ4n) is 4.52. The van der Waals surface area contributed by atoms with Crippen LogP contribution in [0.3, 0.4) is 0 Å². The third-order valence-electron chi connectivity index (χ3n) is 6.28. The first-order valence-electron chi connectivity index (χ1n) is 8.84. The number of ether oxygens (including phenoxy) is 1. The van der Waals surface area contributed by atoms with Crippen molar-refractivity contribution in [2.24, 2.45) is 5.92 Å². The summed E-state index contributed by atoms with van der Waals surface area (Å²) in [5.74, 6) is -0.151. The quantitative estimate of drug-likeness (QED) is 0.671. The molecule has 1 aromatic carbocycles. The molecule has 3 aliphatic rings. The van der Waals surface area contributed by atoms with E-state index in [1.165, 1.54) is 5.56 Å². The molecule has 3 heteroatoms. The van der Waals surface area contributed by atoms with Crippen molar-refractivity contribution in [1.82, 2.24) is 0 Å². The first-order valence-corrected chi connectivity index (χ1v) is 8.84. The van der Waals surface area contributed by atoms with Crippen LogP contribution in [0.25, 0.3) is 5.76 Å². The van der Waals surface area contributed by atoms with Gasteiger partial charge in [0.15, 0.2) is 0 Å². The lowest BCUT2D eigenvalue weighted by molar-refractivity contribution is -0.112. The Morgan fingerprint density at radius 3 is 2.50 bits per heavy atom. The van der Waals surface area contributed by atoms with Crippen LogP contribution in [-0.2, 0) is 21.4 Å². The van der Waals surface area contributed by atoms with Crippen LogP contribution in [0.15, 0.2) is 17.7 Å². The number of carbonyl (C=O) groups is 2. The SMILES string of the molecule is CC1C2=C(OC1(C)C)c1ccc3c(c1C(=O)C2=O)CCCC3(C)C. The van der Waals surface area contributed by atoms with Gasteiger partial charge in [0.1, 0.15) is 11.4 Å². The van der Waals surface area contributed by atoms with Gasteiger partial charge in [0.05, 0.1) is 5.57 Å². The standard InChI is InChI=1S/C21H24O3/c1-11-15-17(22)18(23)16-12-7-6-10-20(2,3)14(12)9-8-13(16)19(15)24-21(11,4)5/h8-9,11H,6-7,10H2,1-5H3. The average Bonchev–Trinajstić information content (AvgIpc) is 2.74. The van der Waals surface area contributed by atoms with Crippen molar-refractivity contribution in [3.63, 3.8) is 0 Å². The highest BCUT2D eigenvalue weighted by atomic mass is 16.5. The van der Waals surface area contributed by atoms with Gasteiger partial charge in [-0.25, -0.2) is 0 Å². The molecule has 0 N–H and O–H groups in total. The van der Waals surface area contributed by atoms with Gasteiger partial charge in [0.2, 0.25) is 11.6 Å². The van der Waals surface area contributed by atoms with E-state index in [-0.39, 0.29) is 22.9 Å². The molecule has 0 aromatic heterocycles. The summed E-state index contributed by atoms with van der Waals surface area (Å²) in [5.41, 5.74) is 3.85. The van der Waals surface area contributed by atoms with Crippen LogP contribution in [0.1, 0.15) is 74.5 Å². The lowest BCUT2D eigenvalue weighted by Crippen LogP contribution is -2.32. The number of carbonyl (C=O) groups excluding carboxylic acids is 2. The Balaban J connectivity index is 2.00. The molecule has 0 bridgehead atoms. The predicted molar refractivity (Wildman–Crippen MR) is 93.0 cm³/mol. The fraction of sp³-hybridized carbons (Fsp3) is 0.524. The molecule has 1 atom stereocenters. The molecule has 126 valence electrons. The maximum Gasteiger partial charge on any atom is 0.234 e. The Morgan fingerprint density at radius 2 is 1.79 bits per heavy atom. The van der Waals surface area contributed by atoms with Crippen molar-refractivity contribution in [2.45, 2.75) is 64.9 Å². The van der Waals surface area contributed by atoms with Gasteiger partial charge in [0, 0.05) is 17.0 Å². The molecule has 0 amide bonds. The predicted octanol–water partition coefficient (Wildman–Crippen LogP) is 4.22. The van der Waals surface area contributed by atoms with Gasteiger partial charge in [-0.1, -0.05) is 32.9 Å². The Hall–Kier alpha value is -1.90. The van der Waals surface area contributed by atoms with Crippen LogP contribution in [-0.4, -0.2) is 17.2 Å². The molecule has 1 heterocycles. The number of hydrogen-bond acceptors (Lipinski definition) is 3. The van der Waals surface area contributed by atoms with E-state index in [0.717, 1.165) is 30.4 Å². The monoisotopic (exact) mass is 324 g/mol. The second kappa shape index (κ2) is 4.59. The van der Waals surface area contributed by atoms with E-state index in [4.69, 9.17) is 4.74 Å². The first kappa shape index (κ1) is 15.6. The molecule has 24 heavy (non-hydrogen) atoms. The van der Waals surface area contributed by atoms with Crippen molar-refractivity contribution in [3.8, 4) is 0 Å². The zero-order valence-corrected chi connectivity index (χ0v) is 15.1. The van der Waals surface area contributed by atoms with Crippen LogP contribution in [0.5, 0.6) is 0 Å². The molecule has 0 saturated heterocycles. The molecule has 0 spiro atoms. The van der Waals surface area contributed by atoms with Gasteiger partial charge in [0.25, 0.3) is 0 Å². The third-order valence-corrected chi connectivity index (χ3v) is 6.28. The first-order chi connectivity index (χ1) is 11.1. The second-order valence-electron chi connectivity index (χ2n) is 8.58. The smallest absolute Gasteiger partial charge is 0.234 e. The van der Waals surface area contributed by atoms with E-state index in [1.54, 1.807) is 0 Å². The zero-order chi connectivity index (χ0) is 17.4. The average molecular weight is 324 g/mol. The number of hydrogen-bond donors (Lipinski definition) is 0. The topological polar surface area (TPSA) is 43.4 Å². The highest BCUT2D eigenvalue weighted by Crippen LogP contribution is 2.49. The number of fused-ring (bicyclic) bond motifs is 4. The summed E-state index contributed by atoms with van der Waals surface area (Å²) in [6.45, 7) is 10.4. The zero-order valence-electron chi connectivity index (χ0n) is 15.1. The minimum Gasteiger partial charge on any atom is -0.486 e. The Labute approximate surface area is 143 Å². The summed E-state index contributed by atoms with van der Waals surface area (Å²) in [5, 5.41) is 0. The molecule has 3 nitrogen and oxygen atoms in total. The van der Waals surface area contributed by atoms with E-state index in [9.17, 15) is 9.59 Å². The summed E-state index contributed by atoms with van der Waals surface area (Å²) >= 11 is 0. The molecular formula is C21H24O3. The van der Waals surface area contributed by atoms with Gasteiger partial charge in [-0.15, -0.1) is 0 Å². The summed E-state index contributed by atoms with van der Waals surface area (Å²) in [6, 6.07) is 4.13. The van der Waals surface area contributed by atoms with E-state index in [1.807, 2.05) is 26.8 Å². The normalized spacial score (nSPS) is 26.6. The molecule has 2 aliphatic carbocycles. The van der Waals surface area contributed by atoms with Gasteiger partial charge in [-0.3, -0.25) is 9.59 Å². The minimum absolute atomic E-state index is 0.0453. The van der Waals surface area contributed by atoms with Crippen molar-refractivity contribution < 1.29 is 14.3 Å². The largest absolute Gasteiger partial charge is 0.486 e. The number of benzene rings is 1. The summed E-state index contributed by atoms with van der Waals surface area (Å²) < 4.78 is 6.16. The van der Waals surface area contributed by atoms with E-state index in [0.29, 0.717) is 16.9 Å². The van der Waals surface area contributed by atoms with Crippen LogP contribution < -0.4 is 0 Å². The van der Waals surface area contributed by atoms with Crippen molar-refractivity contribution in [2.75, 3.05) is 0 Å². The molecule has 1 unspecified atom stereocenters. The van der Waals surface area contributed by atoms with Gasteiger partial charge in [-0.05, 0) is 49.7 Å². The molecule has 4 rings (SSSR count). The molecule has 0 fully saturated rings. The Kier molecular flexibility index (Phi) is 2.99. The third kappa shape index (κ3) is 1.84. The van der Waals surface area contributed by atoms with E-state index in [2.05, 4.69) is 19.9 Å². The molecular weight excluding hydrogens is 300 g/mol. The number of ketones is 2. The lowest BCUT2D eigenvalue weighted by Gasteiger charge is -2.35. The van der Waals surface area contributed by atoms with Gasteiger partial charge in [-0.2, -0.15) is 0 Å². The van der Waals surface area contributed by atoms with Crippen molar-refractivity contribution in [1.29, 1.82) is 0 Å². The van der Waals surface area contributed by atoms with Crippen molar-refractivity contribution >= 4 is 17.3 Å². The fourth-order valence-corrected chi connectivity index (χ4v) is 4.52. The van der Waals surface area contributed by atoms with Gasteiger partial charge < -0.3 is 4.74 Å². The van der Waals surface area contributed by atoms with E-state index >= 15 is 0 Å².